The molecular formula is C19H26N4O2. The van der Waals surface area contributed by atoms with Crippen LogP contribution in [-0.4, -0.2) is 52.0 Å². The fourth-order valence-corrected chi connectivity index (χ4v) is 3.00. The van der Waals surface area contributed by atoms with Gasteiger partial charge in [0.25, 0.3) is 5.89 Å². The molecule has 6 heteroatoms. The van der Waals surface area contributed by atoms with Crippen molar-refractivity contribution in [1.29, 1.82) is 0 Å². The highest BCUT2D eigenvalue weighted by atomic mass is 16.5. The van der Waals surface area contributed by atoms with Crippen molar-refractivity contribution in [2.75, 3.05) is 26.2 Å². The Morgan fingerprint density at radius 1 is 1.20 bits per heavy atom. The van der Waals surface area contributed by atoms with Crippen LogP contribution < -0.4 is 0 Å². The zero-order chi connectivity index (χ0) is 18.0. The summed E-state index contributed by atoms with van der Waals surface area (Å²) in [5.74, 6) is 1.46. The van der Waals surface area contributed by atoms with Gasteiger partial charge in [-0.05, 0) is 19.1 Å². The molecule has 1 fully saturated rings. The number of piperazine rings is 1. The van der Waals surface area contributed by atoms with Crippen LogP contribution >= 0.6 is 0 Å². The van der Waals surface area contributed by atoms with Crippen LogP contribution in [0, 0.1) is 12.3 Å². The Balaban J connectivity index is 1.57. The summed E-state index contributed by atoms with van der Waals surface area (Å²) in [6.45, 7) is 11.7. The van der Waals surface area contributed by atoms with Gasteiger partial charge in [0.1, 0.15) is 0 Å². The predicted molar refractivity (Wildman–Crippen MR) is 95.8 cm³/mol. The summed E-state index contributed by atoms with van der Waals surface area (Å²) in [6, 6.07) is 8.04. The van der Waals surface area contributed by atoms with Crippen LogP contribution in [0.5, 0.6) is 0 Å². The van der Waals surface area contributed by atoms with Crippen LogP contribution in [0.2, 0.25) is 0 Å². The highest BCUT2D eigenvalue weighted by Gasteiger charge is 2.29. The molecule has 1 aliphatic heterocycles. The van der Waals surface area contributed by atoms with Crippen molar-refractivity contribution in [1.82, 2.24) is 19.9 Å². The minimum Gasteiger partial charge on any atom is -0.340 e. The van der Waals surface area contributed by atoms with Crippen LogP contribution in [0.3, 0.4) is 0 Å². The van der Waals surface area contributed by atoms with E-state index in [9.17, 15) is 4.79 Å². The zero-order valence-electron chi connectivity index (χ0n) is 15.5. The van der Waals surface area contributed by atoms with Crippen molar-refractivity contribution >= 4 is 5.91 Å². The molecule has 1 aromatic carbocycles. The van der Waals surface area contributed by atoms with Crippen molar-refractivity contribution in [2.24, 2.45) is 5.41 Å². The molecule has 2 heterocycles. The van der Waals surface area contributed by atoms with Crippen LogP contribution in [0.4, 0.5) is 0 Å². The van der Waals surface area contributed by atoms with E-state index in [0.29, 0.717) is 18.3 Å². The highest BCUT2D eigenvalue weighted by Crippen LogP contribution is 2.20. The van der Waals surface area contributed by atoms with Crippen molar-refractivity contribution in [3.05, 3.63) is 35.7 Å². The average Bonchev–Trinajstić information content (AvgIpc) is 3.03. The van der Waals surface area contributed by atoms with Gasteiger partial charge in [-0.3, -0.25) is 9.69 Å². The number of benzene rings is 1. The topological polar surface area (TPSA) is 62.5 Å². The molecule has 0 N–H and O–H groups in total. The number of carbonyl (C=O) groups is 1. The number of aryl methyl sites for hydroxylation is 1. The molecule has 1 saturated heterocycles. The number of nitrogens with zero attached hydrogens (tertiary/aromatic N) is 4. The molecule has 1 aliphatic rings. The third-order valence-electron chi connectivity index (χ3n) is 4.40. The van der Waals surface area contributed by atoms with Crippen LogP contribution in [0.25, 0.3) is 11.5 Å². The van der Waals surface area contributed by atoms with E-state index >= 15 is 0 Å². The van der Waals surface area contributed by atoms with Crippen LogP contribution in [-0.2, 0) is 11.3 Å². The maximum Gasteiger partial charge on any atom is 0.257 e. The Hall–Kier alpha value is -2.21. The first-order valence-electron chi connectivity index (χ1n) is 8.74. The lowest BCUT2D eigenvalue weighted by Crippen LogP contribution is -2.51. The van der Waals surface area contributed by atoms with E-state index in [-0.39, 0.29) is 11.3 Å². The van der Waals surface area contributed by atoms with Crippen LogP contribution in [0.15, 0.2) is 28.8 Å². The smallest absolute Gasteiger partial charge is 0.257 e. The number of rotatable bonds is 3. The van der Waals surface area contributed by atoms with Gasteiger partial charge in [0.15, 0.2) is 5.82 Å². The van der Waals surface area contributed by atoms with Gasteiger partial charge in [-0.25, -0.2) is 0 Å². The second-order valence-electron chi connectivity index (χ2n) is 7.70. The maximum atomic E-state index is 12.3. The van der Waals surface area contributed by atoms with Crippen molar-refractivity contribution in [3.63, 3.8) is 0 Å². The summed E-state index contributed by atoms with van der Waals surface area (Å²) in [5, 5.41) is 4.10. The number of hydrogen-bond donors (Lipinski definition) is 0. The fraction of sp³-hybridized carbons (Fsp3) is 0.526. The van der Waals surface area contributed by atoms with E-state index in [1.165, 1.54) is 0 Å². The standard InChI is InChI=1S/C19H26N4O2/c1-14-6-5-7-15(12-14)17-20-16(21-25-17)13-22-8-10-23(11-9-22)18(24)19(2,3)4/h5-7,12H,8-11,13H2,1-4H3. The van der Waals surface area contributed by atoms with Crippen LogP contribution in [0.1, 0.15) is 32.2 Å². The summed E-state index contributed by atoms with van der Waals surface area (Å²) in [4.78, 5) is 21.1. The van der Waals surface area contributed by atoms with Crippen molar-refractivity contribution in [2.45, 2.75) is 34.2 Å². The Morgan fingerprint density at radius 3 is 2.56 bits per heavy atom. The zero-order valence-corrected chi connectivity index (χ0v) is 15.5. The number of aromatic nitrogens is 2. The summed E-state index contributed by atoms with van der Waals surface area (Å²) >= 11 is 0. The molecule has 25 heavy (non-hydrogen) atoms. The molecule has 0 unspecified atom stereocenters. The molecule has 6 nitrogen and oxygen atoms in total. The van der Waals surface area contributed by atoms with E-state index in [0.717, 1.165) is 37.3 Å². The fourth-order valence-electron chi connectivity index (χ4n) is 3.00. The predicted octanol–water partition coefficient (Wildman–Crippen LogP) is 2.74. The molecule has 0 spiro atoms. The third kappa shape index (κ3) is 4.25. The van der Waals surface area contributed by atoms with Gasteiger partial charge >= 0.3 is 0 Å². The summed E-state index contributed by atoms with van der Waals surface area (Å²) < 4.78 is 5.40. The lowest BCUT2D eigenvalue weighted by atomic mass is 9.94. The van der Waals surface area contributed by atoms with Gasteiger partial charge in [-0.1, -0.05) is 43.6 Å². The lowest BCUT2D eigenvalue weighted by Gasteiger charge is -2.37. The minimum atomic E-state index is -0.321. The Morgan fingerprint density at radius 2 is 1.92 bits per heavy atom. The monoisotopic (exact) mass is 342 g/mol. The Bertz CT molecular complexity index is 740. The van der Waals surface area contributed by atoms with E-state index < -0.39 is 0 Å². The van der Waals surface area contributed by atoms with Gasteiger partial charge in [0, 0.05) is 37.2 Å². The molecule has 0 aliphatic carbocycles. The molecule has 0 radical (unpaired) electrons. The van der Waals surface area contributed by atoms with E-state index in [4.69, 9.17) is 4.52 Å². The second-order valence-corrected chi connectivity index (χ2v) is 7.70. The van der Waals surface area contributed by atoms with Gasteiger partial charge in [-0.2, -0.15) is 4.98 Å². The summed E-state index contributed by atoms with van der Waals surface area (Å²) in [5.41, 5.74) is 1.79. The first kappa shape index (κ1) is 17.6. The second kappa shape index (κ2) is 6.96. The molecule has 134 valence electrons. The molecule has 0 atom stereocenters. The number of hydrogen-bond acceptors (Lipinski definition) is 5. The van der Waals surface area contributed by atoms with Crippen molar-refractivity contribution in [3.8, 4) is 11.5 Å². The first-order chi connectivity index (χ1) is 11.8. The van der Waals surface area contributed by atoms with E-state index in [1.54, 1.807) is 0 Å². The molecular weight excluding hydrogens is 316 g/mol. The van der Waals surface area contributed by atoms with Gasteiger partial charge in [0.05, 0.1) is 6.54 Å². The maximum absolute atomic E-state index is 12.3. The quantitative estimate of drug-likeness (QED) is 0.858. The van der Waals surface area contributed by atoms with Gasteiger partial charge in [-0.15, -0.1) is 0 Å². The average molecular weight is 342 g/mol. The SMILES string of the molecule is Cc1cccc(-c2nc(CN3CCN(C(=O)C(C)(C)C)CC3)no2)c1. The Kier molecular flexibility index (Phi) is 4.90. The molecule has 2 aromatic rings. The minimum absolute atomic E-state index is 0.216. The largest absolute Gasteiger partial charge is 0.340 e. The molecule has 1 amide bonds. The Labute approximate surface area is 148 Å². The van der Waals surface area contributed by atoms with E-state index in [2.05, 4.69) is 15.0 Å². The van der Waals surface area contributed by atoms with Gasteiger partial charge in [0.2, 0.25) is 5.91 Å². The molecule has 1 aromatic heterocycles. The molecule has 3 rings (SSSR count). The lowest BCUT2D eigenvalue weighted by molar-refractivity contribution is -0.141. The molecule has 0 saturated carbocycles. The summed E-state index contributed by atoms with van der Waals surface area (Å²) in [7, 11) is 0. The van der Waals surface area contributed by atoms with Crippen molar-refractivity contribution < 1.29 is 9.32 Å². The van der Waals surface area contributed by atoms with Gasteiger partial charge < -0.3 is 9.42 Å². The number of amides is 1. The first-order valence-corrected chi connectivity index (χ1v) is 8.74. The molecule has 0 bridgehead atoms. The highest BCUT2D eigenvalue weighted by molar-refractivity contribution is 5.81. The third-order valence-corrected chi connectivity index (χ3v) is 4.40. The number of carbonyl (C=O) groups excluding carboxylic acids is 1. The van der Waals surface area contributed by atoms with E-state index in [1.807, 2.05) is 56.9 Å². The normalized spacial score (nSPS) is 16.2. The summed E-state index contributed by atoms with van der Waals surface area (Å²) in [6.07, 6.45) is 0.